The van der Waals surface area contributed by atoms with Crippen LogP contribution in [0.3, 0.4) is 0 Å². The molecule has 6 heteroatoms. The lowest BCUT2D eigenvalue weighted by Gasteiger charge is -2.10. The predicted octanol–water partition coefficient (Wildman–Crippen LogP) is 3.15. The fourth-order valence-corrected chi connectivity index (χ4v) is 2.20. The van der Waals surface area contributed by atoms with E-state index in [1.165, 1.54) is 12.4 Å². The third-order valence-corrected chi connectivity index (χ3v) is 3.32. The molecule has 1 amide bonds. The van der Waals surface area contributed by atoms with E-state index in [4.69, 9.17) is 21.1 Å². The van der Waals surface area contributed by atoms with E-state index in [9.17, 15) is 4.79 Å². The van der Waals surface area contributed by atoms with Gasteiger partial charge in [-0.3, -0.25) is 9.78 Å². The number of anilines is 1. The Morgan fingerprint density at radius 3 is 2.81 bits per heavy atom. The topological polar surface area (TPSA) is 60.5 Å². The van der Waals surface area contributed by atoms with Crippen LogP contribution in [0.4, 0.5) is 5.69 Å². The molecular formula is C15H13ClN2O3. The molecule has 0 fully saturated rings. The highest BCUT2D eigenvalue weighted by Gasteiger charge is 2.14. The molecular weight excluding hydrogens is 292 g/mol. The fraction of sp³-hybridized carbons (Fsp3) is 0.200. The van der Waals surface area contributed by atoms with Crippen molar-refractivity contribution in [1.82, 2.24) is 4.98 Å². The maximum Gasteiger partial charge on any atom is 0.257 e. The minimum absolute atomic E-state index is 0.295. The Bertz CT molecular complexity index is 676. The van der Waals surface area contributed by atoms with Gasteiger partial charge < -0.3 is 14.8 Å². The van der Waals surface area contributed by atoms with E-state index in [0.29, 0.717) is 41.0 Å². The number of ether oxygens (including phenoxy) is 2. The van der Waals surface area contributed by atoms with E-state index in [1.54, 1.807) is 24.3 Å². The van der Waals surface area contributed by atoms with Crippen LogP contribution in [0.5, 0.6) is 11.5 Å². The number of pyridine rings is 1. The summed E-state index contributed by atoms with van der Waals surface area (Å²) in [5, 5.41) is 3.09. The van der Waals surface area contributed by atoms with Gasteiger partial charge >= 0.3 is 0 Å². The maximum absolute atomic E-state index is 12.2. The van der Waals surface area contributed by atoms with Gasteiger partial charge in [-0.15, -0.1) is 0 Å². The standard InChI is InChI=1S/C15H13ClN2O3/c16-12-9-17-5-4-11(12)15(19)18-10-2-3-13-14(8-10)21-7-1-6-20-13/h2-5,8-9H,1,6-7H2,(H,18,19). The lowest BCUT2D eigenvalue weighted by atomic mass is 10.2. The molecule has 1 aromatic carbocycles. The summed E-state index contributed by atoms with van der Waals surface area (Å²) in [4.78, 5) is 16.0. The molecule has 0 bridgehead atoms. The van der Waals surface area contributed by atoms with E-state index >= 15 is 0 Å². The molecule has 0 radical (unpaired) electrons. The van der Waals surface area contributed by atoms with Crippen LogP contribution in [-0.4, -0.2) is 24.1 Å². The third kappa shape index (κ3) is 3.08. The van der Waals surface area contributed by atoms with Gasteiger partial charge in [0.1, 0.15) is 0 Å². The van der Waals surface area contributed by atoms with Crippen molar-refractivity contribution in [2.24, 2.45) is 0 Å². The SMILES string of the molecule is O=C(Nc1ccc2c(c1)OCCCO2)c1ccncc1Cl. The van der Waals surface area contributed by atoms with Crippen LogP contribution in [0, 0.1) is 0 Å². The van der Waals surface area contributed by atoms with Crippen LogP contribution in [0.15, 0.2) is 36.7 Å². The number of hydrogen-bond donors (Lipinski definition) is 1. The number of carbonyl (C=O) groups is 1. The zero-order chi connectivity index (χ0) is 14.7. The average Bonchev–Trinajstić information content (AvgIpc) is 2.72. The lowest BCUT2D eigenvalue weighted by Crippen LogP contribution is -2.12. The molecule has 1 N–H and O–H groups in total. The van der Waals surface area contributed by atoms with Crippen molar-refractivity contribution in [3.05, 3.63) is 47.2 Å². The van der Waals surface area contributed by atoms with Crippen molar-refractivity contribution < 1.29 is 14.3 Å². The number of aromatic nitrogens is 1. The molecule has 5 nitrogen and oxygen atoms in total. The summed E-state index contributed by atoms with van der Waals surface area (Å²) in [7, 11) is 0. The molecule has 0 spiro atoms. The summed E-state index contributed by atoms with van der Waals surface area (Å²) in [6, 6.07) is 6.86. The van der Waals surface area contributed by atoms with Gasteiger partial charge in [0.05, 0.1) is 23.8 Å². The summed E-state index contributed by atoms with van der Waals surface area (Å²) in [6.07, 6.45) is 3.79. The second kappa shape index (κ2) is 6.01. The molecule has 108 valence electrons. The van der Waals surface area contributed by atoms with Gasteiger partial charge in [-0.25, -0.2) is 0 Å². The summed E-state index contributed by atoms with van der Waals surface area (Å²) < 4.78 is 11.1. The number of fused-ring (bicyclic) bond motifs is 1. The molecule has 0 atom stereocenters. The Kier molecular flexibility index (Phi) is 3.92. The number of nitrogens with one attached hydrogen (secondary N) is 1. The first kappa shape index (κ1) is 13.7. The van der Waals surface area contributed by atoms with Crippen LogP contribution in [0.25, 0.3) is 0 Å². The zero-order valence-corrected chi connectivity index (χ0v) is 11.9. The molecule has 2 heterocycles. The summed E-state index contributed by atoms with van der Waals surface area (Å²) in [6.45, 7) is 1.23. The Balaban J connectivity index is 1.81. The Morgan fingerprint density at radius 2 is 2.00 bits per heavy atom. The molecule has 1 aromatic heterocycles. The van der Waals surface area contributed by atoms with E-state index in [2.05, 4.69) is 10.3 Å². The number of rotatable bonds is 2. The highest BCUT2D eigenvalue weighted by Crippen LogP contribution is 2.32. The highest BCUT2D eigenvalue weighted by atomic mass is 35.5. The molecule has 21 heavy (non-hydrogen) atoms. The van der Waals surface area contributed by atoms with Gasteiger partial charge in [0, 0.05) is 30.6 Å². The molecule has 0 unspecified atom stereocenters. The Labute approximate surface area is 126 Å². The van der Waals surface area contributed by atoms with Crippen molar-refractivity contribution >= 4 is 23.2 Å². The number of carbonyl (C=O) groups excluding carboxylic acids is 1. The van der Waals surface area contributed by atoms with Crippen LogP contribution in [0.1, 0.15) is 16.8 Å². The maximum atomic E-state index is 12.2. The largest absolute Gasteiger partial charge is 0.490 e. The number of halogens is 1. The fourth-order valence-electron chi connectivity index (χ4n) is 2.00. The first-order chi connectivity index (χ1) is 10.2. The van der Waals surface area contributed by atoms with Gasteiger partial charge in [0.2, 0.25) is 0 Å². The van der Waals surface area contributed by atoms with Gasteiger partial charge in [0.15, 0.2) is 11.5 Å². The molecule has 1 aliphatic heterocycles. The number of benzene rings is 1. The number of hydrogen-bond acceptors (Lipinski definition) is 4. The summed E-state index contributed by atoms with van der Waals surface area (Å²) in [5.41, 5.74) is 0.996. The van der Waals surface area contributed by atoms with E-state index in [0.717, 1.165) is 6.42 Å². The van der Waals surface area contributed by atoms with Gasteiger partial charge in [-0.05, 0) is 18.2 Å². The van der Waals surface area contributed by atoms with E-state index in [1.807, 2.05) is 0 Å². The minimum atomic E-state index is -0.295. The van der Waals surface area contributed by atoms with Crippen LogP contribution >= 0.6 is 11.6 Å². The zero-order valence-electron chi connectivity index (χ0n) is 11.1. The quantitative estimate of drug-likeness (QED) is 0.926. The molecule has 0 saturated heterocycles. The van der Waals surface area contributed by atoms with Crippen molar-refractivity contribution in [2.75, 3.05) is 18.5 Å². The normalized spacial score (nSPS) is 13.4. The van der Waals surface area contributed by atoms with Crippen molar-refractivity contribution in [3.8, 4) is 11.5 Å². The van der Waals surface area contributed by atoms with Crippen LogP contribution in [0.2, 0.25) is 5.02 Å². The Morgan fingerprint density at radius 1 is 1.19 bits per heavy atom. The van der Waals surface area contributed by atoms with Gasteiger partial charge in [-0.2, -0.15) is 0 Å². The molecule has 0 aliphatic carbocycles. The van der Waals surface area contributed by atoms with Crippen LogP contribution in [-0.2, 0) is 0 Å². The first-order valence-corrected chi connectivity index (χ1v) is 6.92. The molecule has 1 aliphatic rings. The van der Waals surface area contributed by atoms with Gasteiger partial charge in [-0.1, -0.05) is 11.6 Å². The number of nitrogens with zero attached hydrogens (tertiary/aromatic N) is 1. The third-order valence-electron chi connectivity index (χ3n) is 3.02. The first-order valence-electron chi connectivity index (χ1n) is 6.54. The second-order valence-electron chi connectivity index (χ2n) is 4.52. The van der Waals surface area contributed by atoms with Gasteiger partial charge in [0.25, 0.3) is 5.91 Å². The molecule has 3 rings (SSSR count). The predicted molar refractivity (Wildman–Crippen MR) is 79.2 cm³/mol. The average molecular weight is 305 g/mol. The summed E-state index contributed by atoms with van der Waals surface area (Å²) >= 11 is 5.95. The van der Waals surface area contributed by atoms with E-state index < -0.39 is 0 Å². The minimum Gasteiger partial charge on any atom is -0.490 e. The van der Waals surface area contributed by atoms with Crippen molar-refractivity contribution in [2.45, 2.75) is 6.42 Å². The second-order valence-corrected chi connectivity index (χ2v) is 4.93. The molecule has 2 aromatic rings. The van der Waals surface area contributed by atoms with Crippen molar-refractivity contribution in [3.63, 3.8) is 0 Å². The lowest BCUT2D eigenvalue weighted by molar-refractivity contribution is 0.102. The Hall–Kier alpha value is -2.27. The van der Waals surface area contributed by atoms with Crippen molar-refractivity contribution in [1.29, 1.82) is 0 Å². The highest BCUT2D eigenvalue weighted by molar-refractivity contribution is 6.34. The number of amides is 1. The molecule has 0 saturated carbocycles. The van der Waals surface area contributed by atoms with E-state index in [-0.39, 0.29) is 5.91 Å². The monoisotopic (exact) mass is 304 g/mol. The smallest absolute Gasteiger partial charge is 0.257 e. The summed E-state index contributed by atoms with van der Waals surface area (Å²) in [5.74, 6) is 1.02. The van der Waals surface area contributed by atoms with Crippen LogP contribution < -0.4 is 14.8 Å².